The number of para-hydroxylation sites is 1. The van der Waals surface area contributed by atoms with Gasteiger partial charge in [0.25, 0.3) is 5.91 Å². The van der Waals surface area contributed by atoms with Gasteiger partial charge in [-0.25, -0.2) is 8.78 Å². The van der Waals surface area contributed by atoms with Crippen LogP contribution in [0.4, 0.5) is 14.5 Å². The van der Waals surface area contributed by atoms with Crippen molar-refractivity contribution in [2.45, 2.75) is 0 Å². The summed E-state index contributed by atoms with van der Waals surface area (Å²) in [6, 6.07) is 10.6. The van der Waals surface area contributed by atoms with E-state index in [-0.39, 0.29) is 5.69 Å². The number of benzene rings is 2. The van der Waals surface area contributed by atoms with Gasteiger partial charge in [0.1, 0.15) is 5.69 Å². The lowest BCUT2D eigenvalue weighted by Gasteiger charge is -2.04. The molecule has 2 aromatic carbocycles. The molecule has 3 rings (SSSR count). The maximum absolute atomic E-state index is 13.1. The lowest BCUT2D eigenvalue weighted by Crippen LogP contribution is -2.13. The highest BCUT2D eigenvalue weighted by Crippen LogP contribution is 2.28. The molecule has 3 aromatic rings. The molecule has 0 unspecified atom stereocenters. The maximum atomic E-state index is 13.1. The fraction of sp³-hybridized carbons (Fsp3) is 0. The van der Waals surface area contributed by atoms with Gasteiger partial charge in [-0.2, -0.15) is 0 Å². The van der Waals surface area contributed by atoms with Crippen LogP contribution in [0.2, 0.25) is 0 Å². The van der Waals surface area contributed by atoms with Gasteiger partial charge >= 0.3 is 0 Å². The summed E-state index contributed by atoms with van der Waals surface area (Å²) in [5.74, 6) is -2.41. The third-order valence-corrected chi connectivity index (χ3v) is 3.87. The average Bonchev–Trinajstić information content (AvgIpc) is 2.81. The molecule has 6 heteroatoms. The van der Waals surface area contributed by atoms with Crippen molar-refractivity contribution >= 4 is 38.4 Å². The first-order valence-electron chi connectivity index (χ1n) is 6.09. The first-order valence-corrected chi connectivity index (χ1v) is 6.88. The summed E-state index contributed by atoms with van der Waals surface area (Å²) in [7, 11) is 0. The monoisotopic (exact) mass is 350 g/mol. The fourth-order valence-corrected chi connectivity index (χ4v) is 2.66. The van der Waals surface area contributed by atoms with E-state index in [4.69, 9.17) is 0 Å². The van der Waals surface area contributed by atoms with Crippen molar-refractivity contribution in [3.05, 3.63) is 64.3 Å². The number of halogens is 3. The lowest BCUT2D eigenvalue weighted by atomic mass is 10.2. The molecule has 0 spiro atoms. The highest BCUT2D eigenvalue weighted by atomic mass is 79.9. The number of amides is 1. The molecule has 0 aliphatic rings. The number of anilines is 1. The molecular weight excluding hydrogens is 342 g/mol. The summed E-state index contributed by atoms with van der Waals surface area (Å²) < 4.78 is 26.6. The summed E-state index contributed by atoms with van der Waals surface area (Å²) in [5, 5.41) is 3.39. The van der Waals surface area contributed by atoms with Crippen molar-refractivity contribution in [3.63, 3.8) is 0 Å². The molecule has 1 heterocycles. The highest BCUT2D eigenvalue weighted by molar-refractivity contribution is 9.10. The zero-order chi connectivity index (χ0) is 15.0. The van der Waals surface area contributed by atoms with Crippen molar-refractivity contribution < 1.29 is 13.6 Å². The lowest BCUT2D eigenvalue weighted by molar-refractivity contribution is 0.102. The Balaban J connectivity index is 1.93. The molecule has 1 aromatic heterocycles. The van der Waals surface area contributed by atoms with Gasteiger partial charge in [0.05, 0.1) is 4.47 Å². The first-order chi connectivity index (χ1) is 10.1. The Bertz CT molecular complexity index is 845. The minimum atomic E-state index is -1.01. The molecule has 1 amide bonds. The second-order valence-electron chi connectivity index (χ2n) is 4.44. The zero-order valence-corrected chi connectivity index (χ0v) is 12.2. The Morgan fingerprint density at radius 3 is 2.57 bits per heavy atom. The van der Waals surface area contributed by atoms with E-state index in [2.05, 4.69) is 26.2 Å². The van der Waals surface area contributed by atoms with E-state index < -0.39 is 17.5 Å². The predicted octanol–water partition coefficient (Wildman–Crippen LogP) is 4.46. The third-order valence-electron chi connectivity index (χ3n) is 3.05. The SMILES string of the molecule is O=C(Nc1ccc(F)c(F)c1)c1[nH]c2ccccc2c1Br. The maximum Gasteiger partial charge on any atom is 0.273 e. The van der Waals surface area contributed by atoms with Crippen molar-refractivity contribution in [2.24, 2.45) is 0 Å². The van der Waals surface area contributed by atoms with Crippen molar-refractivity contribution in [1.29, 1.82) is 0 Å². The van der Waals surface area contributed by atoms with Crippen LogP contribution < -0.4 is 5.32 Å². The number of rotatable bonds is 2. The zero-order valence-electron chi connectivity index (χ0n) is 10.6. The van der Waals surface area contributed by atoms with Crippen molar-refractivity contribution in [3.8, 4) is 0 Å². The Labute approximate surface area is 127 Å². The molecule has 0 aliphatic heterocycles. The summed E-state index contributed by atoms with van der Waals surface area (Å²) in [6.45, 7) is 0. The number of aromatic nitrogens is 1. The van der Waals surface area contributed by atoms with Gasteiger partial charge in [-0.1, -0.05) is 18.2 Å². The first kappa shape index (κ1) is 13.8. The summed E-state index contributed by atoms with van der Waals surface area (Å²) in [4.78, 5) is 15.2. The number of nitrogens with one attached hydrogen (secondary N) is 2. The number of carbonyl (C=O) groups is 1. The van der Waals surface area contributed by atoms with Gasteiger partial charge in [0.15, 0.2) is 11.6 Å². The largest absolute Gasteiger partial charge is 0.350 e. The molecule has 0 radical (unpaired) electrons. The van der Waals surface area contributed by atoms with Gasteiger partial charge in [0.2, 0.25) is 0 Å². The molecule has 106 valence electrons. The van der Waals surface area contributed by atoms with E-state index >= 15 is 0 Å². The standard InChI is InChI=1S/C15H9BrF2N2O/c16-13-9-3-1-2-4-12(9)20-14(13)15(21)19-8-5-6-10(17)11(18)7-8/h1-7,20H,(H,19,21). The van der Waals surface area contributed by atoms with Gasteiger partial charge in [-0.05, 0) is 34.1 Å². The second-order valence-corrected chi connectivity index (χ2v) is 5.24. The van der Waals surface area contributed by atoms with Crippen LogP contribution in [0, 0.1) is 11.6 Å². The molecule has 21 heavy (non-hydrogen) atoms. The topological polar surface area (TPSA) is 44.9 Å². The third kappa shape index (κ3) is 2.54. The molecule has 0 saturated carbocycles. The fourth-order valence-electron chi connectivity index (χ4n) is 2.03. The molecular formula is C15H9BrF2N2O. The van der Waals surface area contributed by atoms with E-state index in [0.717, 1.165) is 23.0 Å². The molecule has 0 fully saturated rings. The van der Waals surface area contributed by atoms with Crippen molar-refractivity contribution in [1.82, 2.24) is 4.98 Å². The van der Waals surface area contributed by atoms with Gasteiger partial charge in [-0.3, -0.25) is 4.79 Å². The number of H-pyrrole nitrogens is 1. The van der Waals surface area contributed by atoms with Crippen molar-refractivity contribution in [2.75, 3.05) is 5.32 Å². The number of hydrogen-bond donors (Lipinski definition) is 2. The van der Waals surface area contributed by atoms with Crippen LogP contribution in [0.25, 0.3) is 10.9 Å². The van der Waals surface area contributed by atoms with Crippen LogP contribution >= 0.6 is 15.9 Å². The quantitative estimate of drug-likeness (QED) is 0.704. The van der Waals surface area contributed by atoms with Gasteiger partial charge in [-0.15, -0.1) is 0 Å². The molecule has 0 atom stereocenters. The van der Waals surface area contributed by atoms with Crippen LogP contribution in [0.3, 0.4) is 0 Å². The predicted molar refractivity (Wildman–Crippen MR) is 80.3 cm³/mol. The number of fused-ring (bicyclic) bond motifs is 1. The molecule has 2 N–H and O–H groups in total. The normalized spacial score (nSPS) is 10.8. The smallest absolute Gasteiger partial charge is 0.273 e. The van der Waals surface area contributed by atoms with E-state index in [1.165, 1.54) is 6.07 Å². The minimum absolute atomic E-state index is 0.185. The highest BCUT2D eigenvalue weighted by Gasteiger charge is 2.16. The number of hydrogen-bond acceptors (Lipinski definition) is 1. The van der Waals surface area contributed by atoms with E-state index in [1.807, 2.05) is 24.3 Å². The summed E-state index contributed by atoms with van der Waals surface area (Å²) >= 11 is 3.37. The molecule has 0 saturated heterocycles. The minimum Gasteiger partial charge on any atom is -0.350 e. The number of aromatic amines is 1. The van der Waals surface area contributed by atoms with Crippen LogP contribution in [-0.4, -0.2) is 10.9 Å². The van der Waals surface area contributed by atoms with E-state index in [9.17, 15) is 13.6 Å². The Morgan fingerprint density at radius 1 is 1.10 bits per heavy atom. The summed E-state index contributed by atoms with van der Waals surface area (Å²) in [6.07, 6.45) is 0. The van der Waals surface area contributed by atoms with Crippen LogP contribution in [0.5, 0.6) is 0 Å². The van der Waals surface area contributed by atoms with E-state index in [1.54, 1.807) is 0 Å². The number of carbonyl (C=O) groups excluding carboxylic acids is 1. The average molecular weight is 351 g/mol. The Kier molecular flexibility index (Phi) is 3.47. The molecule has 0 aliphatic carbocycles. The van der Waals surface area contributed by atoms with Gasteiger partial charge in [0, 0.05) is 22.7 Å². The second kappa shape index (κ2) is 5.29. The molecule has 0 bridgehead atoms. The van der Waals surface area contributed by atoms with Crippen LogP contribution in [-0.2, 0) is 0 Å². The van der Waals surface area contributed by atoms with Crippen LogP contribution in [0.1, 0.15) is 10.5 Å². The van der Waals surface area contributed by atoms with Gasteiger partial charge < -0.3 is 10.3 Å². The summed E-state index contributed by atoms with van der Waals surface area (Å²) in [5.41, 5.74) is 1.31. The Hall–Kier alpha value is -2.21. The van der Waals surface area contributed by atoms with Crippen LogP contribution in [0.15, 0.2) is 46.9 Å². The molecule has 3 nitrogen and oxygen atoms in total. The van der Waals surface area contributed by atoms with E-state index in [0.29, 0.717) is 10.2 Å². The Morgan fingerprint density at radius 2 is 1.86 bits per heavy atom.